The zero-order valence-electron chi connectivity index (χ0n) is 22.1. The van der Waals surface area contributed by atoms with Crippen LogP contribution in [0, 0.1) is 10.1 Å². The van der Waals surface area contributed by atoms with Crippen molar-refractivity contribution in [3.8, 4) is 17.3 Å². The van der Waals surface area contributed by atoms with Gasteiger partial charge in [-0.2, -0.15) is 0 Å². The number of H-pyrrole nitrogens is 1. The number of hydrogen-bond donors (Lipinski definition) is 3. The fourth-order valence-corrected chi connectivity index (χ4v) is 4.63. The van der Waals surface area contributed by atoms with Crippen molar-refractivity contribution < 1.29 is 14.8 Å². The third-order valence-electron chi connectivity index (χ3n) is 6.64. The van der Waals surface area contributed by atoms with Crippen LogP contribution in [0.2, 0.25) is 0 Å². The highest BCUT2D eigenvalue weighted by atomic mass is 16.6. The van der Waals surface area contributed by atoms with Gasteiger partial charge in [0, 0.05) is 67.1 Å². The van der Waals surface area contributed by atoms with Gasteiger partial charge in [0.15, 0.2) is 5.88 Å². The summed E-state index contributed by atoms with van der Waals surface area (Å²) < 4.78 is 1.93. The number of nitrogens with one attached hydrogen (secondary N) is 2. The van der Waals surface area contributed by atoms with Crippen LogP contribution in [0.25, 0.3) is 22.3 Å². The number of aromatic hydroxyl groups is 1. The Morgan fingerprint density at radius 2 is 1.88 bits per heavy atom. The molecular weight excluding hydrogens is 508 g/mol. The number of aryl methyl sites for hydroxylation is 2. The van der Waals surface area contributed by atoms with E-state index < -0.39 is 4.92 Å². The topological polar surface area (TPSA) is 138 Å². The normalized spacial score (nSPS) is 11.6. The monoisotopic (exact) mass is 536 g/mol. The van der Waals surface area contributed by atoms with Gasteiger partial charge in [0.2, 0.25) is 5.91 Å². The number of imidazole rings is 1. The number of hydrogen-bond acceptors (Lipinski definition) is 6. The molecule has 0 aliphatic rings. The second kappa shape index (κ2) is 11.2. The molecule has 5 aromatic rings. The number of aromatic amines is 1. The Labute approximate surface area is 230 Å². The van der Waals surface area contributed by atoms with Gasteiger partial charge in [-0.05, 0) is 48.7 Å². The number of non-ortho nitro benzene ring substituents is 1. The highest BCUT2D eigenvalue weighted by Crippen LogP contribution is 2.34. The minimum absolute atomic E-state index is 0.0528. The van der Waals surface area contributed by atoms with Crippen LogP contribution < -0.4 is 5.32 Å². The Morgan fingerprint density at radius 3 is 2.52 bits per heavy atom. The van der Waals surface area contributed by atoms with E-state index in [9.17, 15) is 20.0 Å². The van der Waals surface area contributed by atoms with E-state index in [0.29, 0.717) is 34.4 Å². The van der Waals surface area contributed by atoms with Gasteiger partial charge in [0.25, 0.3) is 5.69 Å². The minimum atomic E-state index is -0.462. The van der Waals surface area contributed by atoms with E-state index in [1.807, 2.05) is 66.3 Å². The van der Waals surface area contributed by atoms with Gasteiger partial charge in [0.05, 0.1) is 21.9 Å². The van der Waals surface area contributed by atoms with Crippen LogP contribution in [0.3, 0.4) is 0 Å². The second-order valence-corrected chi connectivity index (χ2v) is 9.49. The molecule has 202 valence electrons. The molecule has 0 unspecified atom stereocenters. The van der Waals surface area contributed by atoms with Crippen LogP contribution in [0.15, 0.2) is 84.1 Å². The van der Waals surface area contributed by atoms with Crippen molar-refractivity contribution in [2.24, 2.45) is 12.0 Å². The van der Waals surface area contributed by atoms with Crippen molar-refractivity contribution in [1.29, 1.82) is 0 Å². The van der Waals surface area contributed by atoms with Crippen molar-refractivity contribution in [3.05, 3.63) is 106 Å². The van der Waals surface area contributed by atoms with Gasteiger partial charge >= 0.3 is 0 Å². The van der Waals surface area contributed by atoms with Crippen LogP contribution in [0.4, 0.5) is 11.4 Å². The van der Waals surface area contributed by atoms with Crippen molar-refractivity contribution in [2.75, 3.05) is 6.54 Å². The van der Waals surface area contributed by atoms with E-state index in [-0.39, 0.29) is 17.5 Å². The van der Waals surface area contributed by atoms with E-state index >= 15 is 0 Å². The second-order valence-electron chi connectivity index (χ2n) is 9.49. The predicted octanol–water partition coefficient (Wildman–Crippen LogP) is 5.42. The maximum atomic E-state index is 11.5. The lowest BCUT2D eigenvalue weighted by Crippen LogP contribution is -2.21. The molecule has 0 aliphatic heterocycles. The van der Waals surface area contributed by atoms with E-state index in [0.717, 1.165) is 35.4 Å². The SMILES string of the molecule is CC(=O)NCCCc1ccc(C(=Nc2ccc(-c3nccn3C)cc2)c2c(O)[nH]c3ccc([N+](=O)[O-])cc23)cc1. The van der Waals surface area contributed by atoms with Gasteiger partial charge < -0.3 is 20.0 Å². The fraction of sp³-hybridized carbons (Fsp3) is 0.167. The number of fused-ring (bicyclic) bond motifs is 1. The summed E-state index contributed by atoms with van der Waals surface area (Å²) in [7, 11) is 1.93. The first-order valence-corrected chi connectivity index (χ1v) is 12.8. The number of rotatable bonds is 9. The smallest absolute Gasteiger partial charge is 0.270 e. The summed E-state index contributed by atoms with van der Waals surface area (Å²) in [6.45, 7) is 2.09. The molecule has 5 rings (SSSR count). The van der Waals surface area contributed by atoms with Crippen LogP contribution in [0.5, 0.6) is 5.88 Å². The highest BCUT2D eigenvalue weighted by molar-refractivity contribution is 6.22. The van der Waals surface area contributed by atoms with Gasteiger partial charge in [-0.3, -0.25) is 14.9 Å². The number of amides is 1. The molecule has 3 aromatic carbocycles. The van der Waals surface area contributed by atoms with Crippen LogP contribution in [-0.4, -0.2) is 42.7 Å². The van der Waals surface area contributed by atoms with Gasteiger partial charge in [-0.25, -0.2) is 9.98 Å². The average molecular weight is 537 g/mol. The van der Waals surface area contributed by atoms with E-state index in [2.05, 4.69) is 15.3 Å². The number of nitrogens with zero attached hydrogens (tertiary/aromatic N) is 4. The van der Waals surface area contributed by atoms with Crippen molar-refractivity contribution >= 4 is 33.9 Å². The molecule has 0 saturated heterocycles. The summed E-state index contributed by atoms with van der Waals surface area (Å²) in [4.78, 5) is 34.4. The summed E-state index contributed by atoms with van der Waals surface area (Å²) in [5.74, 6) is 0.646. The number of benzene rings is 3. The Kier molecular flexibility index (Phi) is 7.41. The number of carbonyl (C=O) groups is 1. The Bertz CT molecular complexity index is 1720. The summed E-state index contributed by atoms with van der Waals surface area (Å²) in [6.07, 6.45) is 5.20. The number of aliphatic imine (C=N–C) groups is 1. The number of carbonyl (C=O) groups excluding carboxylic acids is 1. The molecule has 0 spiro atoms. The summed E-state index contributed by atoms with van der Waals surface area (Å²) >= 11 is 0. The molecule has 0 saturated carbocycles. The molecule has 0 radical (unpaired) electrons. The number of nitro groups is 1. The lowest BCUT2D eigenvalue weighted by atomic mass is 9.98. The van der Waals surface area contributed by atoms with E-state index in [1.54, 1.807) is 12.3 Å². The third kappa shape index (κ3) is 5.60. The molecular formula is C30H28N6O4. The summed E-state index contributed by atoms with van der Waals surface area (Å²) in [5.41, 5.74) is 4.73. The zero-order chi connectivity index (χ0) is 28.2. The average Bonchev–Trinajstić information content (AvgIpc) is 3.52. The standard InChI is InChI=1S/C30H28N6O4/c1-19(37)31-15-3-4-20-5-7-21(8-6-20)28(27-25-18-24(36(39)40)13-14-26(25)34-30(27)38)33-23-11-9-22(10-12-23)29-32-16-17-35(29)2/h5-14,16-18,34,38H,3-4,15H2,1-2H3,(H,31,37). The van der Waals surface area contributed by atoms with Crippen molar-refractivity contribution in [2.45, 2.75) is 19.8 Å². The van der Waals surface area contributed by atoms with Crippen LogP contribution in [-0.2, 0) is 18.3 Å². The molecule has 2 aromatic heterocycles. The van der Waals surface area contributed by atoms with Crippen LogP contribution >= 0.6 is 0 Å². The number of nitro benzene ring substituents is 1. The first kappa shape index (κ1) is 26.4. The largest absolute Gasteiger partial charge is 0.494 e. The highest BCUT2D eigenvalue weighted by Gasteiger charge is 2.21. The molecule has 10 heteroatoms. The van der Waals surface area contributed by atoms with Crippen molar-refractivity contribution in [3.63, 3.8) is 0 Å². The maximum Gasteiger partial charge on any atom is 0.270 e. The fourth-order valence-electron chi connectivity index (χ4n) is 4.63. The zero-order valence-corrected chi connectivity index (χ0v) is 22.1. The number of aromatic nitrogens is 3. The molecule has 3 N–H and O–H groups in total. The molecule has 1 amide bonds. The molecule has 0 bridgehead atoms. The lowest BCUT2D eigenvalue weighted by Gasteiger charge is -2.10. The first-order chi connectivity index (χ1) is 19.3. The predicted molar refractivity (Wildman–Crippen MR) is 154 cm³/mol. The molecule has 0 atom stereocenters. The minimum Gasteiger partial charge on any atom is -0.494 e. The van der Waals surface area contributed by atoms with Gasteiger partial charge in [-0.1, -0.05) is 24.3 Å². The summed E-state index contributed by atoms with van der Waals surface area (Å²) in [6, 6.07) is 19.8. The third-order valence-corrected chi connectivity index (χ3v) is 6.64. The van der Waals surface area contributed by atoms with E-state index in [4.69, 9.17) is 4.99 Å². The lowest BCUT2D eigenvalue weighted by molar-refractivity contribution is -0.384. The Balaban J connectivity index is 1.56. The van der Waals surface area contributed by atoms with Crippen molar-refractivity contribution in [1.82, 2.24) is 19.9 Å². The molecule has 0 fully saturated rings. The van der Waals surface area contributed by atoms with E-state index in [1.165, 1.54) is 19.1 Å². The Morgan fingerprint density at radius 1 is 1.12 bits per heavy atom. The quantitative estimate of drug-likeness (QED) is 0.0999. The maximum absolute atomic E-state index is 11.5. The molecule has 10 nitrogen and oxygen atoms in total. The molecule has 0 aliphatic carbocycles. The Hall–Kier alpha value is -5.25. The first-order valence-electron chi connectivity index (χ1n) is 12.8. The summed E-state index contributed by atoms with van der Waals surface area (Å²) in [5, 5.41) is 25.8. The van der Waals surface area contributed by atoms with Gasteiger partial charge in [-0.15, -0.1) is 0 Å². The molecule has 2 heterocycles. The molecule has 40 heavy (non-hydrogen) atoms. The van der Waals surface area contributed by atoms with Gasteiger partial charge in [0.1, 0.15) is 5.82 Å². The van der Waals surface area contributed by atoms with Crippen LogP contribution in [0.1, 0.15) is 30.0 Å².